The maximum Gasteiger partial charge on any atom is 0.123 e. The van der Waals surface area contributed by atoms with Gasteiger partial charge >= 0.3 is 0 Å². The van der Waals surface area contributed by atoms with Gasteiger partial charge in [0.15, 0.2) is 0 Å². The largest absolute Gasteiger partial charge is 0.393 e. The SMILES string of the molecule is CCC(NC1CCCC(O)C1)c1ccc(F)cc1. The summed E-state index contributed by atoms with van der Waals surface area (Å²) in [5.41, 5.74) is 1.12. The summed E-state index contributed by atoms with van der Waals surface area (Å²) in [4.78, 5) is 0. The number of benzene rings is 1. The molecule has 0 bridgehead atoms. The van der Waals surface area contributed by atoms with Gasteiger partial charge in [-0.25, -0.2) is 4.39 Å². The van der Waals surface area contributed by atoms with Crippen LogP contribution < -0.4 is 5.32 Å². The van der Waals surface area contributed by atoms with Crippen molar-refractivity contribution >= 4 is 0 Å². The minimum absolute atomic E-state index is 0.165. The normalized spacial score (nSPS) is 25.9. The Morgan fingerprint density at radius 1 is 1.33 bits per heavy atom. The number of hydrogen-bond acceptors (Lipinski definition) is 2. The second-order valence-corrected chi connectivity index (χ2v) is 5.20. The number of nitrogens with one attached hydrogen (secondary N) is 1. The highest BCUT2D eigenvalue weighted by molar-refractivity contribution is 5.20. The first-order valence-electron chi connectivity index (χ1n) is 6.88. The van der Waals surface area contributed by atoms with Gasteiger partial charge in [0, 0.05) is 12.1 Å². The van der Waals surface area contributed by atoms with Gasteiger partial charge in [0.2, 0.25) is 0 Å². The summed E-state index contributed by atoms with van der Waals surface area (Å²) >= 11 is 0. The summed E-state index contributed by atoms with van der Waals surface area (Å²) in [5, 5.41) is 13.3. The minimum atomic E-state index is -0.193. The fraction of sp³-hybridized carbons (Fsp3) is 0.600. The molecule has 1 aliphatic rings. The summed E-state index contributed by atoms with van der Waals surface area (Å²) < 4.78 is 12.9. The molecule has 1 aliphatic carbocycles. The molecule has 2 N–H and O–H groups in total. The second-order valence-electron chi connectivity index (χ2n) is 5.20. The van der Waals surface area contributed by atoms with E-state index in [1.807, 2.05) is 12.1 Å². The van der Waals surface area contributed by atoms with Crippen LogP contribution in [0.2, 0.25) is 0 Å². The second kappa shape index (κ2) is 6.30. The Bertz CT molecular complexity index is 365. The quantitative estimate of drug-likeness (QED) is 0.861. The van der Waals surface area contributed by atoms with Crippen molar-refractivity contribution in [3.05, 3.63) is 35.6 Å². The van der Waals surface area contributed by atoms with E-state index in [1.165, 1.54) is 12.1 Å². The molecule has 100 valence electrons. The maximum atomic E-state index is 12.9. The van der Waals surface area contributed by atoms with Crippen LogP contribution in [0.5, 0.6) is 0 Å². The molecule has 0 spiro atoms. The molecule has 0 saturated heterocycles. The van der Waals surface area contributed by atoms with Crippen LogP contribution in [0.3, 0.4) is 0 Å². The van der Waals surface area contributed by atoms with Gasteiger partial charge in [-0.1, -0.05) is 19.1 Å². The number of rotatable bonds is 4. The van der Waals surface area contributed by atoms with Crippen molar-refractivity contribution in [2.75, 3.05) is 0 Å². The van der Waals surface area contributed by atoms with E-state index in [2.05, 4.69) is 12.2 Å². The highest BCUT2D eigenvalue weighted by atomic mass is 19.1. The van der Waals surface area contributed by atoms with Gasteiger partial charge in [0.25, 0.3) is 0 Å². The Morgan fingerprint density at radius 3 is 2.67 bits per heavy atom. The molecule has 3 heteroatoms. The highest BCUT2D eigenvalue weighted by Gasteiger charge is 2.22. The number of aliphatic hydroxyl groups excluding tert-OH is 1. The summed E-state index contributed by atoms with van der Waals surface area (Å²) in [6.45, 7) is 2.13. The van der Waals surface area contributed by atoms with E-state index >= 15 is 0 Å². The zero-order valence-electron chi connectivity index (χ0n) is 10.9. The van der Waals surface area contributed by atoms with Crippen LogP contribution in [-0.4, -0.2) is 17.3 Å². The predicted molar refractivity (Wildman–Crippen MR) is 70.8 cm³/mol. The van der Waals surface area contributed by atoms with Gasteiger partial charge < -0.3 is 10.4 Å². The fourth-order valence-electron chi connectivity index (χ4n) is 2.74. The monoisotopic (exact) mass is 251 g/mol. The molecule has 0 aromatic heterocycles. The molecule has 1 aromatic rings. The van der Waals surface area contributed by atoms with E-state index in [0.29, 0.717) is 6.04 Å². The van der Waals surface area contributed by atoms with Crippen LogP contribution in [0.4, 0.5) is 4.39 Å². The Labute approximate surface area is 108 Å². The topological polar surface area (TPSA) is 32.3 Å². The first-order valence-corrected chi connectivity index (χ1v) is 6.88. The lowest BCUT2D eigenvalue weighted by atomic mass is 9.91. The molecule has 0 heterocycles. The van der Waals surface area contributed by atoms with Gasteiger partial charge in [-0.2, -0.15) is 0 Å². The molecule has 2 rings (SSSR count). The minimum Gasteiger partial charge on any atom is -0.393 e. The van der Waals surface area contributed by atoms with Crippen molar-refractivity contribution in [2.45, 2.75) is 57.2 Å². The van der Waals surface area contributed by atoms with Crippen molar-refractivity contribution < 1.29 is 9.50 Å². The Morgan fingerprint density at radius 2 is 2.06 bits per heavy atom. The third-order valence-corrected chi connectivity index (χ3v) is 3.76. The molecule has 0 amide bonds. The molecular formula is C15H22FNO. The predicted octanol–water partition coefficient (Wildman–Crippen LogP) is 3.17. The molecule has 18 heavy (non-hydrogen) atoms. The van der Waals surface area contributed by atoms with E-state index in [0.717, 1.165) is 37.7 Å². The lowest BCUT2D eigenvalue weighted by Gasteiger charge is -2.30. The van der Waals surface area contributed by atoms with Gasteiger partial charge in [-0.3, -0.25) is 0 Å². The summed E-state index contributed by atoms with van der Waals surface area (Å²) in [6.07, 6.45) is 4.76. The fourth-order valence-corrected chi connectivity index (χ4v) is 2.74. The van der Waals surface area contributed by atoms with E-state index in [-0.39, 0.29) is 18.0 Å². The van der Waals surface area contributed by atoms with Gasteiger partial charge in [-0.05, 0) is 49.8 Å². The van der Waals surface area contributed by atoms with Crippen molar-refractivity contribution in [3.8, 4) is 0 Å². The van der Waals surface area contributed by atoms with Crippen LogP contribution in [-0.2, 0) is 0 Å². The van der Waals surface area contributed by atoms with Gasteiger partial charge in [0.05, 0.1) is 6.10 Å². The average Bonchev–Trinajstić information content (AvgIpc) is 2.37. The Kier molecular flexibility index (Phi) is 4.72. The third-order valence-electron chi connectivity index (χ3n) is 3.76. The van der Waals surface area contributed by atoms with Crippen molar-refractivity contribution in [1.29, 1.82) is 0 Å². The van der Waals surface area contributed by atoms with Crippen LogP contribution in [0, 0.1) is 5.82 Å². The lowest BCUT2D eigenvalue weighted by Crippen LogP contribution is -2.38. The Hall–Kier alpha value is -0.930. The summed E-state index contributed by atoms with van der Waals surface area (Å²) in [7, 11) is 0. The molecule has 1 saturated carbocycles. The molecule has 2 nitrogen and oxygen atoms in total. The Balaban J connectivity index is 1.98. The maximum absolute atomic E-state index is 12.9. The zero-order chi connectivity index (χ0) is 13.0. The highest BCUT2D eigenvalue weighted by Crippen LogP contribution is 2.23. The number of halogens is 1. The average molecular weight is 251 g/mol. The number of aliphatic hydroxyl groups is 1. The first-order chi connectivity index (χ1) is 8.69. The van der Waals surface area contributed by atoms with Crippen LogP contribution >= 0.6 is 0 Å². The molecule has 3 atom stereocenters. The molecule has 1 aromatic carbocycles. The number of hydrogen-bond donors (Lipinski definition) is 2. The van der Waals surface area contributed by atoms with Crippen molar-refractivity contribution in [2.24, 2.45) is 0 Å². The van der Waals surface area contributed by atoms with E-state index in [1.54, 1.807) is 0 Å². The van der Waals surface area contributed by atoms with Crippen LogP contribution in [0.25, 0.3) is 0 Å². The smallest absolute Gasteiger partial charge is 0.123 e. The van der Waals surface area contributed by atoms with Crippen molar-refractivity contribution in [1.82, 2.24) is 5.32 Å². The van der Waals surface area contributed by atoms with Gasteiger partial charge in [0.1, 0.15) is 5.82 Å². The zero-order valence-corrected chi connectivity index (χ0v) is 10.9. The van der Waals surface area contributed by atoms with Crippen LogP contribution in [0.1, 0.15) is 50.6 Å². The molecule has 1 fully saturated rings. The first kappa shape index (κ1) is 13.5. The molecule has 3 unspecified atom stereocenters. The van der Waals surface area contributed by atoms with Crippen molar-refractivity contribution in [3.63, 3.8) is 0 Å². The molecule has 0 radical (unpaired) electrons. The summed E-state index contributed by atoms with van der Waals surface area (Å²) in [5.74, 6) is -0.193. The standard InChI is InChI=1S/C15H22FNO/c1-2-15(11-6-8-12(16)9-7-11)17-13-4-3-5-14(18)10-13/h6-9,13-15,17-18H,2-5,10H2,1H3. The van der Waals surface area contributed by atoms with Crippen LogP contribution in [0.15, 0.2) is 24.3 Å². The van der Waals surface area contributed by atoms with E-state index < -0.39 is 0 Å². The van der Waals surface area contributed by atoms with Gasteiger partial charge in [-0.15, -0.1) is 0 Å². The van der Waals surface area contributed by atoms with E-state index in [9.17, 15) is 9.50 Å². The lowest BCUT2D eigenvalue weighted by molar-refractivity contribution is 0.108. The summed E-state index contributed by atoms with van der Waals surface area (Å²) in [6, 6.07) is 7.33. The molecular weight excluding hydrogens is 229 g/mol. The third kappa shape index (κ3) is 3.53. The molecule has 0 aliphatic heterocycles. The van der Waals surface area contributed by atoms with E-state index in [4.69, 9.17) is 0 Å².